The standard InChI is InChI=1S/C10H12O2S/c1-2-4-8-7(3-1)11-9-5-13-6-10(9)12-8/h5-8H,1-4H2/t7-,8+. The second kappa shape index (κ2) is 2.91. The van der Waals surface area contributed by atoms with Crippen LogP contribution in [0.5, 0.6) is 11.5 Å². The average molecular weight is 196 g/mol. The summed E-state index contributed by atoms with van der Waals surface area (Å²) in [4.78, 5) is 0. The van der Waals surface area contributed by atoms with Gasteiger partial charge in [-0.1, -0.05) is 0 Å². The van der Waals surface area contributed by atoms with Crippen LogP contribution in [0.1, 0.15) is 25.7 Å². The zero-order valence-electron chi connectivity index (χ0n) is 7.36. The van der Waals surface area contributed by atoms with Crippen LogP contribution in [0.3, 0.4) is 0 Å². The Hall–Kier alpha value is -0.700. The monoisotopic (exact) mass is 196 g/mol. The molecule has 0 spiro atoms. The van der Waals surface area contributed by atoms with Crippen LogP contribution in [0.4, 0.5) is 0 Å². The molecule has 2 aliphatic rings. The lowest BCUT2D eigenvalue weighted by molar-refractivity contribution is -0.00503. The molecule has 0 unspecified atom stereocenters. The Morgan fingerprint density at radius 1 is 1.00 bits per heavy atom. The van der Waals surface area contributed by atoms with Crippen LogP contribution in [0.2, 0.25) is 0 Å². The number of ether oxygens (including phenoxy) is 2. The summed E-state index contributed by atoms with van der Waals surface area (Å²) in [6.45, 7) is 0. The van der Waals surface area contributed by atoms with Gasteiger partial charge in [0.2, 0.25) is 0 Å². The topological polar surface area (TPSA) is 18.5 Å². The smallest absolute Gasteiger partial charge is 0.172 e. The molecule has 1 aliphatic heterocycles. The first-order valence-corrected chi connectivity index (χ1v) is 5.77. The van der Waals surface area contributed by atoms with Gasteiger partial charge in [-0.3, -0.25) is 0 Å². The normalized spacial score (nSPS) is 31.1. The Balaban J connectivity index is 1.89. The Bertz CT molecular complexity index is 279. The Labute approximate surface area is 81.5 Å². The van der Waals surface area contributed by atoms with E-state index < -0.39 is 0 Å². The molecule has 1 aromatic heterocycles. The molecule has 0 aromatic carbocycles. The van der Waals surface area contributed by atoms with Gasteiger partial charge in [0.25, 0.3) is 0 Å². The molecule has 1 fully saturated rings. The first-order chi connectivity index (χ1) is 6.43. The Morgan fingerprint density at radius 2 is 1.54 bits per heavy atom. The molecule has 0 saturated heterocycles. The van der Waals surface area contributed by atoms with Crippen molar-refractivity contribution in [2.75, 3.05) is 0 Å². The molecule has 3 rings (SSSR count). The van der Waals surface area contributed by atoms with E-state index in [1.54, 1.807) is 11.3 Å². The van der Waals surface area contributed by atoms with Gasteiger partial charge in [-0.2, -0.15) is 0 Å². The van der Waals surface area contributed by atoms with Crippen molar-refractivity contribution in [2.24, 2.45) is 0 Å². The molecule has 1 aromatic rings. The van der Waals surface area contributed by atoms with Crippen LogP contribution < -0.4 is 9.47 Å². The van der Waals surface area contributed by atoms with E-state index in [9.17, 15) is 0 Å². The summed E-state index contributed by atoms with van der Waals surface area (Å²) < 4.78 is 11.7. The van der Waals surface area contributed by atoms with Gasteiger partial charge in [0.15, 0.2) is 11.5 Å². The lowest BCUT2D eigenvalue weighted by atomic mass is 9.94. The molecule has 1 aliphatic carbocycles. The molecule has 2 heterocycles. The van der Waals surface area contributed by atoms with E-state index in [2.05, 4.69) is 0 Å². The van der Waals surface area contributed by atoms with E-state index in [-0.39, 0.29) is 0 Å². The zero-order chi connectivity index (χ0) is 8.67. The van der Waals surface area contributed by atoms with E-state index in [1.165, 1.54) is 12.8 Å². The maximum atomic E-state index is 5.86. The van der Waals surface area contributed by atoms with Crippen LogP contribution in [-0.2, 0) is 0 Å². The first-order valence-electron chi connectivity index (χ1n) is 4.83. The fourth-order valence-electron chi connectivity index (χ4n) is 2.10. The third kappa shape index (κ3) is 1.22. The van der Waals surface area contributed by atoms with Gasteiger partial charge in [-0.05, 0) is 25.7 Å². The van der Waals surface area contributed by atoms with Crippen LogP contribution >= 0.6 is 11.3 Å². The molecule has 0 bridgehead atoms. The number of fused-ring (bicyclic) bond motifs is 2. The lowest BCUT2D eigenvalue weighted by Crippen LogP contribution is -2.41. The number of hydrogen-bond donors (Lipinski definition) is 0. The number of hydrogen-bond acceptors (Lipinski definition) is 3. The number of thiophene rings is 1. The predicted octanol–water partition coefficient (Wildman–Crippen LogP) is 2.83. The van der Waals surface area contributed by atoms with Crippen molar-refractivity contribution < 1.29 is 9.47 Å². The van der Waals surface area contributed by atoms with Gasteiger partial charge < -0.3 is 9.47 Å². The molecular formula is C10H12O2S. The van der Waals surface area contributed by atoms with Crippen molar-refractivity contribution in [3.63, 3.8) is 0 Å². The van der Waals surface area contributed by atoms with Crippen molar-refractivity contribution in [3.05, 3.63) is 10.8 Å². The molecule has 0 amide bonds. The van der Waals surface area contributed by atoms with Gasteiger partial charge in [0, 0.05) is 10.8 Å². The minimum absolute atomic E-state index is 0.316. The van der Waals surface area contributed by atoms with E-state index in [0.717, 1.165) is 24.3 Å². The van der Waals surface area contributed by atoms with E-state index in [1.807, 2.05) is 10.8 Å². The summed E-state index contributed by atoms with van der Waals surface area (Å²) in [5, 5.41) is 4.06. The van der Waals surface area contributed by atoms with Crippen molar-refractivity contribution in [1.82, 2.24) is 0 Å². The van der Waals surface area contributed by atoms with Gasteiger partial charge in [-0.25, -0.2) is 0 Å². The van der Waals surface area contributed by atoms with Gasteiger partial charge in [-0.15, -0.1) is 11.3 Å². The van der Waals surface area contributed by atoms with E-state index in [0.29, 0.717) is 12.2 Å². The van der Waals surface area contributed by atoms with Crippen LogP contribution in [0, 0.1) is 0 Å². The highest BCUT2D eigenvalue weighted by atomic mass is 32.1. The summed E-state index contributed by atoms with van der Waals surface area (Å²) in [5.41, 5.74) is 0. The zero-order valence-corrected chi connectivity index (χ0v) is 8.18. The molecule has 70 valence electrons. The van der Waals surface area contributed by atoms with Gasteiger partial charge >= 0.3 is 0 Å². The van der Waals surface area contributed by atoms with E-state index in [4.69, 9.17) is 9.47 Å². The van der Waals surface area contributed by atoms with Crippen molar-refractivity contribution >= 4 is 11.3 Å². The summed E-state index contributed by atoms with van der Waals surface area (Å²) in [6.07, 6.45) is 5.50. The van der Waals surface area contributed by atoms with E-state index >= 15 is 0 Å². The highest BCUT2D eigenvalue weighted by Gasteiger charge is 2.33. The molecule has 2 nitrogen and oxygen atoms in total. The third-order valence-corrected chi connectivity index (χ3v) is 3.49. The average Bonchev–Trinajstić information content (AvgIpc) is 2.61. The summed E-state index contributed by atoms with van der Waals surface area (Å²) in [6, 6.07) is 0. The lowest BCUT2D eigenvalue weighted by Gasteiger charge is -2.35. The maximum Gasteiger partial charge on any atom is 0.172 e. The SMILES string of the molecule is c1scc2c1O[C@H]1CCCC[C@H]1O2. The fourth-order valence-corrected chi connectivity index (χ4v) is 2.76. The molecule has 13 heavy (non-hydrogen) atoms. The second-order valence-electron chi connectivity index (χ2n) is 3.70. The summed E-state index contributed by atoms with van der Waals surface area (Å²) in [7, 11) is 0. The van der Waals surface area contributed by atoms with Crippen molar-refractivity contribution in [2.45, 2.75) is 37.9 Å². The minimum Gasteiger partial charge on any atom is -0.482 e. The molecule has 0 N–H and O–H groups in total. The predicted molar refractivity (Wildman–Crippen MR) is 51.6 cm³/mol. The summed E-state index contributed by atoms with van der Waals surface area (Å²) in [5.74, 6) is 1.90. The maximum absolute atomic E-state index is 5.86. The molecule has 1 saturated carbocycles. The van der Waals surface area contributed by atoms with Crippen molar-refractivity contribution in [3.8, 4) is 11.5 Å². The fraction of sp³-hybridized carbons (Fsp3) is 0.600. The van der Waals surface area contributed by atoms with Crippen molar-refractivity contribution in [1.29, 1.82) is 0 Å². The largest absolute Gasteiger partial charge is 0.482 e. The second-order valence-corrected chi connectivity index (χ2v) is 4.44. The van der Waals surface area contributed by atoms with Crippen LogP contribution in [0.25, 0.3) is 0 Å². The molecular weight excluding hydrogens is 184 g/mol. The van der Waals surface area contributed by atoms with Gasteiger partial charge in [0.05, 0.1) is 0 Å². The van der Waals surface area contributed by atoms with Crippen LogP contribution in [-0.4, -0.2) is 12.2 Å². The van der Waals surface area contributed by atoms with Crippen LogP contribution in [0.15, 0.2) is 10.8 Å². The number of rotatable bonds is 0. The molecule has 0 radical (unpaired) electrons. The highest BCUT2D eigenvalue weighted by Crippen LogP contribution is 2.40. The Kier molecular flexibility index (Phi) is 1.72. The van der Waals surface area contributed by atoms with Gasteiger partial charge in [0.1, 0.15) is 12.2 Å². The first kappa shape index (κ1) is 7.68. The molecule has 2 atom stereocenters. The third-order valence-electron chi connectivity index (χ3n) is 2.79. The quantitative estimate of drug-likeness (QED) is 0.635. The highest BCUT2D eigenvalue weighted by molar-refractivity contribution is 7.08. The molecule has 3 heteroatoms. The Morgan fingerprint density at radius 3 is 2.08 bits per heavy atom. The summed E-state index contributed by atoms with van der Waals surface area (Å²) >= 11 is 1.65. The minimum atomic E-state index is 0.316.